The summed E-state index contributed by atoms with van der Waals surface area (Å²) in [4.78, 5) is 13.1. The lowest BCUT2D eigenvalue weighted by atomic mass is 10.0. The molecular formula is C22H30N2O3S. The van der Waals surface area contributed by atoms with E-state index in [0.717, 1.165) is 39.8 Å². The first-order valence-corrected chi connectivity index (χ1v) is 11.2. The standard InChI is InChI=1S/C22H30N2O3S/c1-8-20(22(25)23-21-17(5)10-16(4)11-18(21)6)24(28(7,26)27)19-12-14(2)9-15(3)13-19/h9-13,20H,8H2,1-7H3,(H,23,25)/t20-/m0/s1. The lowest BCUT2D eigenvalue weighted by molar-refractivity contribution is -0.117. The molecule has 2 aromatic carbocycles. The van der Waals surface area contributed by atoms with Gasteiger partial charge in [0.15, 0.2) is 0 Å². The van der Waals surface area contributed by atoms with Gasteiger partial charge in [0, 0.05) is 5.69 Å². The van der Waals surface area contributed by atoms with Crippen molar-refractivity contribution in [2.24, 2.45) is 0 Å². The average Bonchev–Trinajstić information content (AvgIpc) is 2.53. The van der Waals surface area contributed by atoms with Gasteiger partial charge in [-0.2, -0.15) is 0 Å². The van der Waals surface area contributed by atoms with Gasteiger partial charge >= 0.3 is 0 Å². The van der Waals surface area contributed by atoms with Crippen molar-refractivity contribution >= 4 is 27.3 Å². The lowest BCUT2D eigenvalue weighted by Gasteiger charge is -2.31. The number of hydrogen-bond donors (Lipinski definition) is 1. The highest BCUT2D eigenvalue weighted by molar-refractivity contribution is 7.92. The Kier molecular flexibility index (Phi) is 6.55. The molecule has 0 saturated heterocycles. The summed E-state index contributed by atoms with van der Waals surface area (Å²) in [6.45, 7) is 11.5. The first-order valence-electron chi connectivity index (χ1n) is 9.40. The maximum atomic E-state index is 13.1. The van der Waals surface area contributed by atoms with Gasteiger partial charge in [-0.15, -0.1) is 0 Å². The van der Waals surface area contributed by atoms with Gasteiger partial charge in [0.05, 0.1) is 11.9 Å². The monoisotopic (exact) mass is 402 g/mol. The summed E-state index contributed by atoms with van der Waals surface area (Å²) in [5.41, 5.74) is 6.18. The molecule has 0 heterocycles. The number of carbonyl (C=O) groups is 1. The Morgan fingerprint density at radius 2 is 1.39 bits per heavy atom. The minimum atomic E-state index is -3.65. The summed E-state index contributed by atoms with van der Waals surface area (Å²) < 4.78 is 26.5. The zero-order valence-electron chi connectivity index (χ0n) is 17.8. The van der Waals surface area contributed by atoms with Gasteiger partial charge in [-0.05, 0) is 75.4 Å². The second kappa shape index (κ2) is 8.35. The zero-order valence-corrected chi connectivity index (χ0v) is 18.6. The van der Waals surface area contributed by atoms with Crippen LogP contribution in [0.5, 0.6) is 0 Å². The number of aryl methyl sites for hydroxylation is 5. The van der Waals surface area contributed by atoms with Crippen molar-refractivity contribution in [1.82, 2.24) is 0 Å². The molecule has 152 valence electrons. The summed E-state index contributed by atoms with van der Waals surface area (Å²) in [7, 11) is -3.65. The molecule has 0 unspecified atom stereocenters. The van der Waals surface area contributed by atoms with E-state index in [9.17, 15) is 13.2 Å². The first kappa shape index (κ1) is 22.0. The Labute approximate surface area is 168 Å². The van der Waals surface area contributed by atoms with E-state index in [2.05, 4.69) is 5.32 Å². The Morgan fingerprint density at radius 1 is 0.929 bits per heavy atom. The largest absolute Gasteiger partial charge is 0.324 e. The van der Waals surface area contributed by atoms with E-state index in [-0.39, 0.29) is 5.91 Å². The van der Waals surface area contributed by atoms with Crippen molar-refractivity contribution < 1.29 is 13.2 Å². The van der Waals surface area contributed by atoms with Crippen LogP contribution in [0.1, 0.15) is 41.2 Å². The maximum absolute atomic E-state index is 13.1. The van der Waals surface area contributed by atoms with Crippen molar-refractivity contribution in [2.45, 2.75) is 54.0 Å². The van der Waals surface area contributed by atoms with Gasteiger partial charge in [-0.3, -0.25) is 9.10 Å². The Bertz CT molecular complexity index is 954. The Hall–Kier alpha value is -2.34. The predicted octanol–water partition coefficient (Wildman–Crippen LogP) is 4.41. The number of rotatable bonds is 6. The molecule has 0 radical (unpaired) electrons. The quantitative estimate of drug-likeness (QED) is 0.778. The molecule has 2 aromatic rings. The zero-order chi connectivity index (χ0) is 21.2. The molecule has 5 nitrogen and oxygen atoms in total. The van der Waals surface area contributed by atoms with E-state index in [1.807, 2.05) is 59.7 Å². The molecule has 6 heteroatoms. The SMILES string of the molecule is CC[C@@H](C(=O)Nc1c(C)cc(C)cc1C)N(c1cc(C)cc(C)c1)S(C)(=O)=O. The van der Waals surface area contributed by atoms with E-state index < -0.39 is 16.1 Å². The molecule has 0 spiro atoms. The number of nitrogens with one attached hydrogen (secondary N) is 1. The van der Waals surface area contributed by atoms with E-state index in [0.29, 0.717) is 12.1 Å². The van der Waals surface area contributed by atoms with E-state index >= 15 is 0 Å². The number of nitrogens with zero attached hydrogens (tertiary/aromatic N) is 1. The molecule has 0 bridgehead atoms. The lowest BCUT2D eigenvalue weighted by Crippen LogP contribution is -2.47. The van der Waals surface area contributed by atoms with Crippen LogP contribution in [0.2, 0.25) is 0 Å². The van der Waals surface area contributed by atoms with Crippen molar-refractivity contribution in [3.05, 3.63) is 58.1 Å². The van der Waals surface area contributed by atoms with Crippen LogP contribution in [0.4, 0.5) is 11.4 Å². The van der Waals surface area contributed by atoms with E-state index in [1.165, 1.54) is 4.31 Å². The number of carbonyl (C=O) groups excluding carboxylic acids is 1. The van der Waals surface area contributed by atoms with Gasteiger partial charge < -0.3 is 5.32 Å². The van der Waals surface area contributed by atoms with Crippen molar-refractivity contribution in [3.8, 4) is 0 Å². The third kappa shape index (κ3) is 4.93. The molecule has 0 aliphatic rings. The fourth-order valence-corrected chi connectivity index (χ4v) is 4.92. The average molecular weight is 403 g/mol. The molecule has 28 heavy (non-hydrogen) atoms. The number of amides is 1. The van der Waals surface area contributed by atoms with Crippen LogP contribution in [0.15, 0.2) is 30.3 Å². The molecule has 0 aromatic heterocycles. The highest BCUT2D eigenvalue weighted by atomic mass is 32.2. The van der Waals surface area contributed by atoms with Crippen molar-refractivity contribution in [1.29, 1.82) is 0 Å². The molecule has 1 N–H and O–H groups in total. The molecule has 1 amide bonds. The van der Waals surface area contributed by atoms with Crippen LogP contribution < -0.4 is 9.62 Å². The van der Waals surface area contributed by atoms with Crippen LogP contribution in [-0.2, 0) is 14.8 Å². The third-order valence-electron chi connectivity index (χ3n) is 4.72. The minimum absolute atomic E-state index is 0.331. The first-order chi connectivity index (χ1) is 12.9. The minimum Gasteiger partial charge on any atom is -0.324 e. The van der Waals surface area contributed by atoms with Gasteiger partial charge in [0.1, 0.15) is 6.04 Å². The smallest absolute Gasteiger partial charge is 0.248 e. The molecule has 0 aliphatic carbocycles. The van der Waals surface area contributed by atoms with Crippen LogP contribution in [0.3, 0.4) is 0 Å². The number of sulfonamides is 1. The summed E-state index contributed by atoms with van der Waals surface area (Å²) in [6, 6.07) is 8.74. The van der Waals surface area contributed by atoms with Gasteiger partial charge in [0.2, 0.25) is 15.9 Å². The summed E-state index contributed by atoms with van der Waals surface area (Å²) in [6.07, 6.45) is 1.50. The molecule has 0 saturated carbocycles. The van der Waals surface area contributed by atoms with Gasteiger partial charge in [-0.1, -0.05) is 30.7 Å². The number of hydrogen-bond acceptors (Lipinski definition) is 3. The second-order valence-electron chi connectivity index (χ2n) is 7.59. The second-order valence-corrected chi connectivity index (χ2v) is 9.45. The van der Waals surface area contributed by atoms with Crippen molar-refractivity contribution in [3.63, 3.8) is 0 Å². The molecule has 2 rings (SSSR count). The number of benzene rings is 2. The predicted molar refractivity (Wildman–Crippen MR) is 117 cm³/mol. The van der Waals surface area contributed by atoms with Crippen LogP contribution in [0.25, 0.3) is 0 Å². The fraction of sp³-hybridized carbons (Fsp3) is 0.409. The van der Waals surface area contributed by atoms with Crippen LogP contribution in [0, 0.1) is 34.6 Å². The summed E-state index contributed by atoms with van der Waals surface area (Å²) in [5, 5.41) is 2.96. The number of anilines is 2. The Morgan fingerprint density at radius 3 is 1.82 bits per heavy atom. The van der Waals surface area contributed by atoms with Crippen LogP contribution in [-0.4, -0.2) is 26.6 Å². The maximum Gasteiger partial charge on any atom is 0.248 e. The Balaban J connectivity index is 2.48. The molecule has 0 aliphatic heterocycles. The third-order valence-corrected chi connectivity index (χ3v) is 5.90. The van der Waals surface area contributed by atoms with Gasteiger partial charge in [0.25, 0.3) is 0 Å². The molecule has 0 fully saturated rings. The van der Waals surface area contributed by atoms with E-state index in [4.69, 9.17) is 0 Å². The van der Waals surface area contributed by atoms with E-state index in [1.54, 1.807) is 12.1 Å². The highest BCUT2D eigenvalue weighted by Crippen LogP contribution is 2.27. The van der Waals surface area contributed by atoms with Gasteiger partial charge in [-0.25, -0.2) is 8.42 Å². The normalized spacial score (nSPS) is 12.5. The summed E-state index contributed by atoms with van der Waals surface area (Å²) >= 11 is 0. The van der Waals surface area contributed by atoms with Crippen molar-refractivity contribution in [2.75, 3.05) is 15.9 Å². The fourth-order valence-electron chi connectivity index (χ4n) is 3.72. The highest BCUT2D eigenvalue weighted by Gasteiger charge is 2.32. The van der Waals surface area contributed by atoms with Crippen LogP contribution >= 0.6 is 0 Å². The molecule has 1 atom stereocenters. The summed E-state index contributed by atoms with van der Waals surface area (Å²) in [5.74, 6) is -0.331. The molecular weight excluding hydrogens is 372 g/mol. The topological polar surface area (TPSA) is 66.5 Å².